The maximum Gasteiger partial charge on any atom is 0.329 e. The van der Waals surface area contributed by atoms with Crippen molar-refractivity contribution in [3.8, 4) is 11.5 Å². The molecule has 1 saturated heterocycles. The summed E-state index contributed by atoms with van der Waals surface area (Å²) in [5.41, 5.74) is 1.32. The van der Waals surface area contributed by atoms with Gasteiger partial charge in [-0.15, -0.1) is 0 Å². The molecule has 1 fully saturated rings. The van der Waals surface area contributed by atoms with E-state index in [9.17, 15) is 18.8 Å². The Labute approximate surface area is 236 Å². The van der Waals surface area contributed by atoms with Gasteiger partial charge in [0.2, 0.25) is 5.91 Å². The van der Waals surface area contributed by atoms with Gasteiger partial charge in [0.25, 0.3) is 5.91 Å². The number of benzene rings is 3. The monoisotopic (exact) mass is 649 g/mol. The number of nitrogens with zero attached hydrogens (tertiary/aromatic N) is 1. The lowest BCUT2D eigenvalue weighted by molar-refractivity contribution is -0.127. The number of hydrogen-bond acceptors (Lipinski definition) is 5. The molecule has 1 aliphatic rings. The molecule has 3 aromatic carbocycles. The zero-order valence-electron chi connectivity index (χ0n) is 20.1. The quantitative estimate of drug-likeness (QED) is 0.179. The first kappa shape index (κ1) is 27.4. The Morgan fingerprint density at radius 1 is 1.13 bits per heavy atom. The summed E-state index contributed by atoms with van der Waals surface area (Å²) in [5.74, 6) is -1.35. The van der Waals surface area contributed by atoms with Crippen LogP contribution in [0.2, 0.25) is 5.02 Å². The van der Waals surface area contributed by atoms with Gasteiger partial charge in [-0.3, -0.25) is 9.59 Å². The highest BCUT2D eigenvalue weighted by atomic mass is 127. The third-order valence-electron chi connectivity index (χ3n) is 5.35. The molecule has 0 aliphatic carbocycles. The molecule has 1 aliphatic heterocycles. The Bertz CT molecular complexity index is 1410. The number of rotatable bonds is 9. The lowest BCUT2D eigenvalue weighted by Crippen LogP contribution is -2.38. The lowest BCUT2D eigenvalue weighted by Gasteiger charge is -2.15. The maximum atomic E-state index is 13.8. The Morgan fingerprint density at radius 3 is 2.58 bits per heavy atom. The summed E-state index contributed by atoms with van der Waals surface area (Å²) in [4.78, 5) is 38.3. The van der Waals surface area contributed by atoms with Crippen molar-refractivity contribution >= 4 is 63.8 Å². The van der Waals surface area contributed by atoms with Gasteiger partial charge in [-0.05, 0) is 83.1 Å². The Kier molecular flexibility index (Phi) is 8.85. The maximum absolute atomic E-state index is 13.8. The summed E-state index contributed by atoms with van der Waals surface area (Å²) in [6.45, 7) is 1.84. The average Bonchev–Trinajstić information content (AvgIpc) is 3.13. The standard InChI is InChI=1S/C27H22ClFIN3O5/c1-2-37-23-13-17(11-19(28)25(23)38-15-16-7-9-18(30)10-8-16)12-22-26(35)33(27(36)32-22)14-24(34)31-21-6-4-3-5-20(21)29/h3-13H,2,14-15H2,1H3,(H,31,34)(H,32,36)/b22-12+. The molecule has 4 amide bonds. The van der Waals surface area contributed by atoms with Crippen LogP contribution in [0, 0.1) is 9.39 Å². The highest BCUT2D eigenvalue weighted by Gasteiger charge is 2.35. The smallest absolute Gasteiger partial charge is 0.329 e. The van der Waals surface area contributed by atoms with Crippen LogP contribution in [0.4, 0.5) is 14.9 Å². The third kappa shape index (κ3) is 6.62. The average molecular weight is 650 g/mol. The largest absolute Gasteiger partial charge is 0.490 e. The van der Waals surface area contributed by atoms with Gasteiger partial charge in [-0.25, -0.2) is 14.1 Å². The normalized spacial score (nSPS) is 14.0. The van der Waals surface area contributed by atoms with Gasteiger partial charge in [0.05, 0.1) is 17.3 Å². The molecule has 4 rings (SSSR count). The number of halogens is 3. The summed E-state index contributed by atoms with van der Waals surface area (Å²) in [5, 5.41) is 5.05. The van der Waals surface area contributed by atoms with Gasteiger partial charge in [0.1, 0.15) is 24.7 Å². The number of urea groups is 1. The second-order valence-electron chi connectivity index (χ2n) is 8.09. The van der Waals surface area contributed by atoms with E-state index in [1.165, 1.54) is 24.3 Å². The van der Waals surface area contributed by atoms with Crippen molar-refractivity contribution in [2.45, 2.75) is 13.5 Å². The summed E-state index contributed by atoms with van der Waals surface area (Å²) >= 11 is 8.72. The van der Waals surface area contributed by atoms with Crippen LogP contribution >= 0.6 is 34.2 Å². The van der Waals surface area contributed by atoms with Gasteiger partial charge >= 0.3 is 6.03 Å². The topological polar surface area (TPSA) is 97.0 Å². The van der Waals surface area contributed by atoms with Gasteiger partial charge in [-0.2, -0.15) is 0 Å². The number of anilines is 1. The van der Waals surface area contributed by atoms with Crippen LogP contribution in [0.3, 0.4) is 0 Å². The Morgan fingerprint density at radius 2 is 1.87 bits per heavy atom. The second kappa shape index (κ2) is 12.3. The second-order valence-corrected chi connectivity index (χ2v) is 9.74. The minimum Gasteiger partial charge on any atom is -0.490 e. The lowest BCUT2D eigenvalue weighted by atomic mass is 10.1. The molecule has 0 radical (unpaired) electrons. The van der Waals surface area contributed by atoms with Gasteiger partial charge in [0.15, 0.2) is 11.5 Å². The molecule has 0 atom stereocenters. The number of hydrogen-bond donors (Lipinski definition) is 2. The minimum absolute atomic E-state index is 0.0530. The van der Waals surface area contributed by atoms with E-state index in [0.29, 0.717) is 23.7 Å². The SMILES string of the molecule is CCOc1cc(/C=C2/NC(=O)N(CC(=O)Nc3ccccc3F)C2=O)cc(Cl)c1OCc1ccc(I)cc1. The van der Waals surface area contributed by atoms with Crippen LogP contribution < -0.4 is 20.1 Å². The number of ether oxygens (including phenoxy) is 2. The van der Waals surface area contributed by atoms with Crippen LogP contribution in [0.25, 0.3) is 6.08 Å². The number of imide groups is 1. The molecule has 0 aromatic heterocycles. The molecule has 1 heterocycles. The zero-order chi connectivity index (χ0) is 27.2. The van der Waals surface area contributed by atoms with E-state index < -0.39 is 30.2 Å². The van der Waals surface area contributed by atoms with E-state index in [1.54, 1.807) is 18.2 Å². The highest BCUT2D eigenvalue weighted by molar-refractivity contribution is 14.1. The molecule has 0 unspecified atom stereocenters. The fourth-order valence-electron chi connectivity index (χ4n) is 3.59. The fraction of sp³-hybridized carbons (Fsp3) is 0.148. The van der Waals surface area contributed by atoms with Crippen LogP contribution in [0.1, 0.15) is 18.1 Å². The molecular weight excluding hydrogens is 628 g/mol. The molecule has 0 saturated carbocycles. The van der Waals surface area contributed by atoms with Crippen molar-refractivity contribution < 1.29 is 28.2 Å². The number of para-hydroxylation sites is 1. The predicted molar refractivity (Wildman–Crippen MR) is 149 cm³/mol. The van der Waals surface area contributed by atoms with Crippen molar-refractivity contribution in [1.82, 2.24) is 10.2 Å². The predicted octanol–water partition coefficient (Wildman–Crippen LogP) is 5.59. The van der Waals surface area contributed by atoms with E-state index in [2.05, 4.69) is 33.2 Å². The van der Waals surface area contributed by atoms with Crippen LogP contribution in [0.5, 0.6) is 11.5 Å². The van der Waals surface area contributed by atoms with E-state index in [-0.39, 0.29) is 23.0 Å². The highest BCUT2D eigenvalue weighted by Crippen LogP contribution is 2.38. The molecule has 2 N–H and O–H groups in total. The van der Waals surface area contributed by atoms with Gasteiger partial charge in [0, 0.05) is 3.57 Å². The summed E-state index contributed by atoms with van der Waals surface area (Å²) in [6, 6.07) is 15.9. The number of nitrogens with one attached hydrogen (secondary N) is 2. The van der Waals surface area contributed by atoms with E-state index in [0.717, 1.165) is 14.0 Å². The minimum atomic E-state index is -0.779. The van der Waals surface area contributed by atoms with E-state index >= 15 is 0 Å². The first-order valence-electron chi connectivity index (χ1n) is 11.5. The van der Waals surface area contributed by atoms with Crippen molar-refractivity contribution in [1.29, 1.82) is 0 Å². The third-order valence-corrected chi connectivity index (χ3v) is 6.35. The summed E-state index contributed by atoms with van der Waals surface area (Å²) < 4.78 is 26.6. The summed E-state index contributed by atoms with van der Waals surface area (Å²) in [6.07, 6.45) is 1.42. The zero-order valence-corrected chi connectivity index (χ0v) is 23.0. The number of carbonyl (C=O) groups is 3. The molecule has 38 heavy (non-hydrogen) atoms. The number of amides is 4. The summed E-state index contributed by atoms with van der Waals surface area (Å²) in [7, 11) is 0. The fourth-order valence-corrected chi connectivity index (χ4v) is 4.22. The van der Waals surface area contributed by atoms with Crippen molar-refractivity contribution in [2.24, 2.45) is 0 Å². The molecule has 3 aromatic rings. The molecule has 0 bridgehead atoms. The van der Waals surface area contributed by atoms with Crippen molar-refractivity contribution in [2.75, 3.05) is 18.5 Å². The van der Waals surface area contributed by atoms with Gasteiger partial charge in [-0.1, -0.05) is 35.9 Å². The van der Waals surface area contributed by atoms with E-state index in [1.807, 2.05) is 31.2 Å². The van der Waals surface area contributed by atoms with E-state index in [4.69, 9.17) is 21.1 Å². The van der Waals surface area contributed by atoms with Crippen LogP contribution in [0.15, 0.2) is 66.4 Å². The van der Waals surface area contributed by atoms with Crippen LogP contribution in [-0.2, 0) is 16.2 Å². The number of carbonyl (C=O) groups excluding carboxylic acids is 3. The van der Waals surface area contributed by atoms with Crippen molar-refractivity contribution in [3.05, 3.63) is 91.9 Å². The molecule has 196 valence electrons. The molecule has 0 spiro atoms. The van der Waals surface area contributed by atoms with Gasteiger partial charge < -0.3 is 20.1 Å². The molecule has 8 nitrogen and oxygen atoms in total. The Balaban J connectivity index is 1.49. The first-order chi connectivity index (χ1) is 18.2. The first-order valence-corrected chi connectivity index (χ1v) is 12.9. The molecular formula is C27H22ClFIN3O5. The Hall–Kier alpha value is -3.64. The van der Waals surface area contributed by atoms with Crippen molar-refractivity contribution in [3.63, 3.8) is 0 Å². The molecule has 11 heteroatoms. The van der Waals surface area contributed by atoms with Crippen LogP contribution in [-0.4, -0.2) is 35.9 Å².